The van der Waals surface area contributed by atoms with Gasteiger partial charge in [0.05, 0.1) is 25.4 Å². The molecule has 1 aliphatic heterocycles. The maximum absolute atomic E-state index is 13.3. The molecule has 1 aliphatic carbocycles. The molecule has 0 spiro atoms. The van der Waals surface area contributed by atoms with Crippen LogP contribution in [0.15, 0.2) is 18.2 Å². The highest BCUT2D eigenvalue weighted by molar-refractivity contribution is 6.18. The minimum Gasteiger partial charge on any atom is -0.491 e. The first kappa shape index (κ1) is 21.5. The number of Topliss-reactive ketones (excluding diaryl/α,β-unsaturated/α-hetero) is 1. The van der Waals surface area contributed by atoms with E-state index in [4.69, 9.17) is 10.5 Å². The molecule has 0 bridgehead atoms. The lowest BCUT2D eigenvalue weighted by atomic mass is 9.82. The molecule has 1 atom stereocenters. The molecule has 3 N–H and O–H groups in total. The smallest absolute Gasteiger partial charge is 0.282 e. The number of nitrogens with one attached hydrogen (secondary N) is 1. The number of hydrogen-bond donors (Lipinski definition) is 2. The number of nitrogens with two attached hydrogens (primary N) is 1. The lowest BCUT2D eigenvalue weighted by Gasteiger charge is -2.41. The number of amides is 1. The largest absolute Gasteiger partial charge is 0.491 e. The SMILES string of the molecule is CNC(=O)[C@@](N)(CC(C)C)C(=O)c1ccc(N2CC(F)(F)C2)c(OCC2CC2)c1. The van der Waals surface area contributed by atoms with Crippen LogP contribution in [0.3, 0.4) is 0 Å². The molecule has 0 aromatic heterocycles. The number of benzene rings is 1. The molecule has 8 heteroatoms. The van der Waals surface area contributed by atoms with Crippen molar-refractivity contribution in [3.8, 4) is 5.75 Å². The van der Waals surface area contributed by atoms with E-state index in [1.165, 1.54) is 24.1 Å². The third kappa shape index (κ3) is 4.69. The Morgan fingerprint density at radius 1 is 1.34 bits per heavy atom. The quantitative estimate of drug-likeness (QED) is 0.484. The fourth-order valence-electron chi connectivity index (χ4n) is 3.62. The summed E-state index contributed by atoms with van der Waals surface area (Å²) in [7, 11) is 1.44. The number of rotatable bonds is 9. The van der Waals surface area contributed by atoms with Gasteiger partial charge in [0, 0.05) is 12.6 Å². The third-order valence-corrected chi connectivity index (χ3v) is 5.35. The molecule has 1 saturated carbocycles. The molecule has 1 amide bonds. The summed E-state index contributed by atoms with van der Waals surface area (Å²) in [5, 5.41) is 2.47. The summed E-state index contributed by atoms with van der Waals surface area (Å²) in [4.78, 5) is 27.1. The van der Waals surface area contributed by atoms with E-state index in [9.17, 15) is 18.4 Å². The Labute approximate surface area is 169 Å². The second-order valence-electron chi connectivity index (χ2n) is 8.63. The van der Waals surface area contributed by atoms with Crippen LogP contribution in [0.5, 0.6) is 5.75 Å². The van der Waals surface area contributed by atoms with Crippen molar-refractivity contribution in [2.75, 3.05) is 31.6 Å². The molecule has 160 valence electrons. The summed E-state index contributed by atoms with van der Waals surface area (Å²) in [6.07, 6.45) is 2.34. The van der Waals surface area contributed by atoms with Gasteiger partial charge in [-0.05, 0) is 49.3 Å². The number of carbonyl (C=O) groups is 2. The third-order valence-electron chi connectivity index (χ3n) is 5.35. The second kappa shape index (κ2) is 7.89. The fourth-order valence-corrected chi connectivity index (χ4v) is 3.62. The van der Waals surface area contributed by atoms with E-state index in [1.54, 1.807) is 6.07 Å². The highest BCUT2D eigenvalue weighted by Gasteiger charge is 2.46. The van der Waals surface area contributed by atoms with Crippen LogP contribution in [0, 0.1) is 11.8 Å². The minimum atomic E-state index is -2.72. The van der Waals surface area contributed by atoms with Gasteiger partial charge in [-0.15, -0.1) is 0 Å². The van der Waals surface area contributed by atoms with E-state index in [0.29, 0.717) is 24.0 Å². The molecule has 29 heavy (non-hydrogen) atoms. The first-order valence-electron chi connectivity index (χ1n) is 10.0. The van der Waals surface area contributed by atoms with Gasteiger partial charge >= 0.3 is 0 Å². The van der Waals surface area contributed by atoms with Crippen molar-refractivity contribution in [1.29, 1.82) is 0 Å². The van der Waals surface area contributed by atoms with Crippen LogP contribution in [-0.2, 0) is 4.79 Å². The van der Waals surface area contributed by atoms with Crippen LogP contribution in [0.4, 0.5) is 14.5 Å². The van der Waals surface area contributed by atoms with Gasteiger partial charge in [0.15, 0.2) is 11.3 Å². The maximum Gasteiger partial charge on any atom is 0.282 e. The molecule has 3 rings (SSSR count). The predicted molar refractivity (Wildman–Crippen MR) is 107 cm³/mol. The molecular formula is C21H29F2N3O3. The Morgan fingerprint density at radius 3 is 2.52 bits per heavy atom. The number of nitrogens with zero attached hydrogens (tertiary/aromatic N) is 1. The monoisotopic (exact) mass is 409 g/mol. The average molecular weight is 409 g/mol. The van der Waals surface area contributed by atoms with E-state index in [0.717, 1.165) is 12.8 Å². The highest BCUT2D eigenvalue weighted by atomic mass is 19.3. The highest BCUT2D eigenvalue weighted by Crippen LogP contribution is 2.39. The van der Waals surface area contributed by atoms with Crippen molar-refractivity contribution in [3.05, 3.63) is 23.8 Å². The second-order valence-corrected chi connectivity index (χ2v) is 8.63. The Kier molecular flexibility index (Phi) is 5.85. The van der Waals surface area contributed by atoms with E-state index >= 15 is 0 Å². The summed E-state index contributed by atoms with van der Waals surface area (Å²) in [5.74, 6) is -2.92. The summed E-state index contributed by atoms with van der Waals surface area (Å²) >= 11 is 0. The van der Waals surface area contributed by atoms with E-state index < -0.39 is 23.2 Å². The fraction of sp³-hybridized carbons (Fsp3) is 0.619. The summed E-state index contributed by atoms with van der Waals surface area (Å²) in [6, 6.07) is 4.66. The van der Waals surface area contributed by atoms with Crippen LogP contribution < -0.4 is 20.7 Å². The van der Waals surface area contributed by atoms with Gasteiger partial charge in [0.25, 0.3) is 5.92 Å². The number of halogens is 2. The standard InChI is InChI=1S/C21H29F2N3O3/c1-13(2)9-21(24,19(28)25-3)18(27)15-6-7-16(26-11-20(22,23)12-26)17(8-15)29-10-14-4-5-14/h6-8,13-14H,4-5,9-12,24H2,1-3H3,(H,25,28)/t21-/m1/s1. The molecule has 6 nitrogen and oxygen atoms in total. The molecule has 2 fully saturated rings. The Hall–Kier alpha value is -2.22. The zero-order valence-corrected chi connectivity index (χ0v) is 17.1. The van der Waals surface area contributed by atoms with Gasteiger partial charge in [-0.3, -0.25) is 9.59 Å². The molecule has 0 unspecified atom stereocenters. The molecule has 0 radical (unpaired) electrons. The van der Waals surface area contributed by atoms with Crippen LogP contribution in [0.2, 0.25) is 0 Å². The number of anilines is 1. The number of carbonyl (C=O) groups excluding carboxylic acids is 2. The predicted octanol–water partition coefficient (Wildman–Crippen LogP) is 2.60. The van der Waals surface area contributed by atoms with Crippen molar-refractivity contribution in [3.63, 3.8) is 0 Å². The first-order chi connectivity index (χ1) is 13.6. The molecule has 1 aromatic rings. The van der Waals surface area contributed by atoms with Gasteiger partial charge in [-0.25, -0.2) is 8.78 Å². The van der Waals surface area contributed by atoms with Crippen molar-refractivity contribution in [2.24, 2.45) is 17.6 Å². The Bertz CT molecular complexity index is 787. The zero-order valence-electron chi connectivity index (χ0n) is 17.1. The topological polar surface area (TPSA) is 84.7 Å². The van der Waals surface area contributed by atoms with E-state index in [1.807, 2.05) is 13.8 Å². The summed E-state index contributed by atoms with van der Waals surface area (Å²) < 4.78 is 32.6. The summed E-state index contributed by atoms with van der Waals surface area (Å²) in [6.45, 7) is 3.48. The van der Waals surface area contributed by atoms with Gasteiger partial charge < -0.3 is 20.7 Å². The van der Waals surface area contributed by atoms with Crippen LogP contribution in [-0.4, -0.2) is 49.9 Å². The number of likely N-dealkylation sites (N-methyl/N-ethyl adjacent to an activating group) is 1. The molecule has 1 saturated heterocycles. The first-order valence-corrected chi connectivity index (χ1v) is 10.0. The average Bonchev–Trinajstić information content (AvgIpc) is 3.46. The number of alkyl halides is 2. The molecule has 1 heterocycles. The zero-order chi connectivity index (χ0) is 21.4. The normalized spacial score (nSPS) is 20.0. The number of hydrogen-bond acceptors (Lipinski definition) is 5. The van der Waals surface area contributed by atoms with Crippen molar-refractivity contribution in [2.45, 2.75) is 44.6 Å². The van der Waals surface area contributed by atoms with Gasteiger partial charge in [-0.2, -0.15) is 0 Å². The Morgan fingerprint density at radius 2 is 2.00 bits per heavy atom. The van der Waals surface area contributed by atoms with E-state index in [-0.39, 0.29) is 31.0 Å². The number of ketones is 1. The molecule has 2 aliphatic rings. The van der Waals surface area contributed by atoms with Crippen LogP contribution in [0.25, 0.3) is 0 Å². The number of ether oxygens (including phenoxy) is 1. The Balaban J connectivity index is 1.90. The lowest BCUT2D eigenvalue weighted by Crippen LogP contribution is -2.59. The minimum absolute atomic E-state index is 0.0226. The van der Waals surface area contributed by atoms with Gasteiger partial charge in [-0.1, -0.05) is 13.8 Å². The van der Waals surface area contributed by atoms with Gasteiger partial charge in [0.1, 0.15) is 5.75 Å². The lowest BCUT2D eigenvalue weighted by molar-refractivity contribution is -0.124. The van der Waals surface area contributed by atoms with Crippen LogP contribution in [0.1, 0.15) is 43.5 Å². The van der Waals surface area contributed by atoms with Crippen molar-refractivity contribution >= 4 is 17.4 Å². The molecule has 1 aromatic carbocycles. The maximum atomic E-state index is 13.3. The molecular weight excluding hydrogens is 380 g/mol. The summed E-state index contributed by atoms with van der Waals surface area (Å²) in [5.41, 5.74) is 5.33. The van der Waals surface area contributed by atoms with E-state index in [2.05, 4.69) is 5.32 Å². The van der Waals surface area contributed by atoms with Crippen molar-refractivity contribution in [1.82, 2.24) is 5.32 Å². The van der Waals surface area contributed by atoms with Crippen molar-refractivity contribution < 1.29 is 23.1 Å². The van der Waals surface area contributed by atoms with Crippen LogP contribution >= 0.6 is 0 Å². The van der Waals surface area contributed by atoms with Gasteiger partial charge in [0.2, 0.25) is 5.91 Å².